The lowest BCUT2D eigenvalue weighted by Gasteiger charge is -2.11. The van der Waals surface area contributed by atoms with Gasteiger partial charge in [-0.3, -0.25) is 19.1 Å². The normalized spacial score (nSPS) is 10.5. The van der Waals surface area contributed by atoms with Crippen molar-refractivity contribution in [2.45, 2.75) is 24.9 Å². The summed E-state index contributed by atoms with van der Waals surface area (Å²) < 4.78 is 6.09. The first-order valence-corrected chi connectivity index (χ1v) is 8.95. The number of carbonyl (C=O) groups excluding carboxylic acids is 2. The predicted octanol–water partition coefficient (Wildman–Crippen LogP) is 0.685. The van der Waals surface area contributed by atoms with Gasteiger partial charge < -0.3 is 10.5 Å². The van der Waals surface area contributed by atoms with Crippen molar-refractivity contribution in [3.63, 3.8) is 0 Å². The monoisotopic (exact) mass is 378 g/mol. The van der Waals surface area contributed by atoms with Gasteiger partial charge in [0.05, 0.1) is 5.56 Å². The highest BCUT2D eigenvalue weighted by molar-refractivity contribution is 7.98. The van der Waals surface area contributed by atoms with Gasteiger partial charge in [0.25, 0.3) is 5.56 Å². The molecular formula is C16H18N4O5S. The highest BCUT2D eigenvalue weighted by atomic mass is 32.2. The minimum Gasteiger partial charge on any atom is -0.454 e. The zero-order valence-corrected chi connectivity index (χ0v) is 15.1. The van der Waals surface area contributed by atoms with Gasteiger partial charge in [0.1, 0.15) is 16.4 Å². The van der Waals surface area contributed by atoms with Gasteiger partial charge in [0.2, 0.25) is 5.78 Å². The first-order chi connectivity index (χ1) is 12.4. The Morgan fingerprint density at radius 2 is 2.12 bits per heavy atom. The van der Waals surface area contributed by atoms with E-state index in [4.69, 9.17) is 10.5 Å². The quantitative estimate of drug-likeness (QED) is 0.408. The fraction of sp³-hybridized carbons (Fsp3) is 0.312. The number of nitrogen functional groups attached to an aromatic ring is 1. The van der Waals surface area contributed by atoms with Crippen LogP contribution in [0.15, 0.2) is 32.9 Å². The number of H-pyrrole nitrogens is 1. The SMILES string of the molecule is CCCn1c(N)c(C(=O)COC(=O)c2cccnc2SC)c(=O)[nH]c1=O. The fourth-order valence-corrected chi connectivity index (χ4v) is 2.83. The average Bonchev–Trinajstić information content (AvgIpc) is 2.62. The first kappa shape index (κ1) is 19.4. The molecule has 26 heavy (non-hydrogen) atoms. The number of ether oxygens (including phenoxy) is 1. The number of hydrogen-bond acceptors (Lipinski definition) is 8. The van der Waals surface area contributed by atoms with Crippen LogP contribution in [0.1, 0.15) is 34.1 Å². The molecule has 2 aromatic heterocycles. The smallest absolute Gasteiger partial charge is 0.341 e. The summed E-state index contributed by atoms with van der Waals surface area (Å²) in [6, 6.07) is 3.09. The number of nitrogens with zero attached hydrogens (tertiary/aromatic N) is 2. The van der Waals surface area contributed by atoms with Crippen LogP contribution in [0.25, 0.3) is 0 Å². The molecule has 0 saturated carbocycles. The Morgan fingerprint density at radius 1 is 1.38 bits per heavy atom. The predicted molar refractivity (Wildman–Crippen MR) is 96.7 cm³/mol. The van der Waals surface area contributed by atoms with Gasteiger partial charge in [-0.15, -0.1) is 11.8 Å². The largest absolute Gasteiger partial charge is 0.454 e. The molecule has 2 rings (SSSR count). The summed E-state index contributed by atoms with van der Waals surface area (Å²) in [7, 11) is 0. The summed E-state index contributed by atoms with van der Waals surface area (Å²) in [5, 5.41) is 0.457. The standard InChI is InChI=1S/C16H18N4O5S/c1-3-7-20-12(17)11(13(22)19-16(20)24)10(21)8-25-15(23)9-5-4-6-18-14(9)26-2/h4-6H,3,7-8,17H2,1-2H3,(H,19,22,24). The van der Waals surface area contributed by atoms with Crippen LogP contribution < -0.4 is 17.0 Å². The molecule has 0 atom stereocenters. The van der Waals surface area contributed by atoms with Gasteiger partial charge in [-0.1, -0.05) is 6.92 Å². The van der Waals surface area contributed by atoms with Crippen LogP contribution in [0.2, 0.25) is 0 Å². The van der Waals surface area contributed by atoms with Crippen molar-refractivity contribution >= 4 is 29.3 Å². The van der Waals surface area contributed by atoms with E-state index < -0.39 is 35.2 Å². The van der Waals surface area contributed by atoms with Crippen LogP contribution in [0.5, 0.6) is 0 Å². The van der Waals surface area contributed by atoms with E-state index in [1.807, 2.05) is 11.9 Å². The second-order valence-electron chi connectivity index (χ2n) is 5.23. The Balaban J connectivity index is 2.23. The highest BCUT2D eigenvalue weighted by Gasteiger charge is 2.21. The number of ketones is 1. The Hall–Kier alpha value is -2.88. The van der Waals surface area contributed by atoms with E-state index in [0.29, 0.717) is 11.4 Å². The number of aromatic nitrogens is 3. The van der Waals surface area contributed by atoms with Gasteiger partial charge in [0.15, 0.2) is 6.61 Å². The fourth-order valence-electron chi connectivity index (χ4n) is 2.29. The molecule has 0 aliphatic rings. The van der Waals surface area contributed by atoms with Crippen LogP contribution in [-0.4, -0.2) is 39.2 Å². The molecule has 2 aromatic rings. The maximum absolute atomic E-state index is 12.3. The first-order valence-electron chi connectivity index (χ1n) is 7.72. The minimum atomic E-state index is -0.910. The van der Waals surface area contributed by atoms with Crippen LogP contribution in [-0.2, 0) is 11.3 Å². The average molecular weight is 378 g/mol. The maximum Gasteiger partial charge on any atom is 0.341 e. The van der Waals surface area contributed by atoms with Crippen LogP contribution in [0.4, 0.5) is 5.82 Å². The van der Waals surface area contributed by atoms with E-state index in [1.165, 1.54) is 24.0 Å². The van der Waals surface area contributed by atoms with E-state index in [9.17, 15) is 19.2 Å². The summed E-state index contributed by atoms with van der Waals surface area (Å²) in [5.41, 5.74) is 4.01. The number of pyridine rings is 1. The Labute approximate surface area is 152 Å². The lowest BCUT2D eigenvalue weighted by Crippen LogP contribution is -2.37. The molecule has 0 aliphatic heterocycles. The van der Waals surface area contributed by atoms with E-state index in [-0.39, 0.29) is 17.9 Å². The number of carbonyl (C=O) groups is 2. The number of nitrogens with one attached hydrogen (secondary N) is 1. The molecular weight excluding hydrogens is 360 g/mol. The number of anilines is 1. The summed E-state index contributed by atoms with van der Waals surface area (Å²) in [5.74, 6) is -1.78. The number of nitrogens with two attached hydrogens (primary N) is 1. The number of rotatable bonds is 7. The molecule has 138 valence electrons. The number of aromatic amines is 1. The number of thioether (sulfide) groups is 1. The Kier molecular flexibility index (Phi) is 6.34. The molecule has 9 nitrogen and oxygen atoms in total. The van der Waals surface area contributed by atoms with Gasteiger partial charge in [0, 0.05) is 12.7 Å². The third-order valence-corrected chi connectivity index (χ3v) is 4.20. The van der Waals surface area contributed by atoms with E-state index >= 15 is 0 Å². The van der Waals surface area contributed by atoms with Gasteiger partial charge in [-0.2, -0.15) is 0 Å². The lowest BCUT2D eigenvalue weighted by molar-refractivity contribution is 0.0470. The van der Waals surface area contributed by atoms with Crippen molar-refractivity contribution in [1.82, 2.24) is 14.5 Å². The molecule has 0 aliphatic carbocycles. The third kappa shape index (κ3) is 4.02. The van der Waals surface area contributed by atoms with E-state index in [1.54, 1.807) is 12.3 Å². The van der Waals surface area contributed by atoms with Gasteiger partial charge in [-0.25, -0.2) is 14.6 Å². The maximum atomic E-state index is 12.3. The number of esters is 1. The second-order valence-corrected chi connectivity index (χ2v) is 6.03. The van der Waals surface area contributed by atoms with Crippen molar-refractivity contribution in [3.05, 3.63) is 50.3 Å². The molecule has 2 heterocycles. The molecule has 3 N–H and O–H groups in total. The van der Waals surface area contributed by atoms with Crippen molar-refractivity contribution < 1.29 is 14.3 Å². The van der Waals surface area contributed by atoms with Crippen LogP contribution in [0, 0.1) is 0 Å². The van der Waals surface area contributed by atoms with Gasteiger partial charge in [-0.05, 0) is 24.8 Å². The lowest BCUT2D eigenvalue weighted by atomic mass is 10.2. The summed E-state index contributed by atoms with van der Waals surface area (Å²) in [6.07, 6.45) is 3.86. The van der Waals surface area contributed by atoms with Gasteiger partial charge >= 0.3 is 11.7 Å². The summed E-state index contributed by atoms with van der Waals surface area (Å²) in [6.45, 7) is 1.38. The number of hydrogen-bond donors (Lipinski definition) is 2. The van der Waals surface area contributed by atoms with Crippen molar-refractivity contribution in [1.29, 1.82) is 0 Å². The molecule has 0 amide bonds. The van der Waals surface area contributed by atoms with Crippen LogP contribution >= 0.6 is 11.8 Å². The number of Topliss-reactive ketones (excluding diaryl/α,β-unsaturated/α-hetero) is 1. The summed E-state index contributed by atoms with van der Waals surface area (Å²) in [4.78, 5) is 54.3. The van der Waals surface area contributed by atoms with Crippen molar-refractivity contribution in [2.24, 2.45) is 0 Å². The molecule has 0 bridgehead atoms. The van der Waals surface area contributed by atoms with Crippen molar-refractivity contribution in [3.8, 4) is 0 Å². The van der Waals surface area contributed by atoms with E-state index in [2.05, 4.69) is 4.98 Å². The Morgan fingerprint density at radius 3 is 2.77 bits per heavy atom. The second kappa shape index (κ2) is 8.48. The molecule has 0 fully saturated rings. The zero-order chi connectivity index (χ0) is 19.3. The minimum absolute atomic E-state index is 0.214. The molecule has 0 unspecified atom stereocenters. The molecule has 0 spiro atoms. The van der Waals surface area contributed by atoms with Crippen molar-refractivity contribution in [2.75, 3.05) is 18.6 Å². The topological polar surface area (TPSA) is 137 Å². The molecule has 0 radical (unpaired) electrons. The third-order valence-electron chi connectivity index (χ3n) is 3.48. The molecule has 0 aromatic carbocycles. The summed E-state index contributed by atoms with van der Waals surface area (Å²) >= 11 is 1.26. The Bertz CT molecular complexity index is 950. The molecule has 10 heteroatoms. The molecule has 0 saturated heterocycles. The van der Waals surface area contributed by atoms with E-state index in [0.717, 1.165) is 4.57 Å². The zero-order valence-electron chi connectivity index (χ0n) is 14.3. The van der Waals surface area contributed by atoms with Crippen LogP contribution in [0.3, 0.4) is 0 Å². The highest BCUT2D eigenvalue weighted by Crippen LogP contribution is 2.17.